The van der Waals surface area contributed by atoms with Gasteiger partial charge in [0.05, 0.1) is 17.4 Å². The number of nitrogens with zero attached hydrogens (tertiary/aromatic N) is 3. The van der Waals surface area contributed by atoms with Gasteiger partial charge in [-0.1, -0.05) is 42.5 Å². The minimum Gasteiger partial charge on any atom is -0.354 e. The van der Waals surface area contributed by atoms with Crippen LogP contribution < -0.4 is 10.2 Å². The van der Waals surface area contributed by atoms with Crippen molar-refractivity contribution in [2.75, 3.05) is 36.4 Å². The highest BCUT2D eigenvalue weighted by molar-refractivity contribution is 6.04. The third kappa shape index (κ3) is 4.78. The van der Waals surface area contributed by atoms with Gasteiger partial charge in [0.1, 0.15) is 11.6 Å². The van der Waals surface area contributed by atoms with E-state index < -0.39 is 11.7 Å². The van der Waals surface area contributed by atoms with Crippen LogP contribution in [-0.2, 0) is 6.54 Å². The Bertz CT molecular complexity index is 954. The molecule has 2 heterocycles. The maximum atomic E-state index is 13.7. The number of halogens is 1. The van der Waals surface area contributed by atoms with Gasteiger partial charge in [-0.25, -0.2) is 9.37 Å². The molecule has 1 aliphatic rings. The van der Waals surface area contributed by atoms with Crippen LogP contribution in [0.15, 0.2) is 72.9 Å². The number of piperazine rings is 1. The van der Waals surface area contributed by atoms with E-state index in [4.69, 9.17) is 0 Å². The molecular weight excluding hydrogens is 367 g/mol. The zero-order valence-electron chi connectivity index (χ0n) is 16.1. The predicted octanol–water partition coefficient (Wildman–Crippen LogP) is 3.80. The molecule has 5 nitrogen and oxygen atoms in total. The molecule has 0 atom stereocenters. The molecule has 0 radical (unpaired) electrons. The van der Waals surface area contributed by atoms with E-state index in [9.17, 15) is 9.18 Å². The Hall–Kier alpha value is -3.25. The van der Waals surface area contributed by atoms with E-state index in [0.29, 0.717) is 5.69 Å². The molecule has 0 bridgehead atoms. The Morgan fingerprint density at radius 1 is 0.931 bits per heavy atom. The summed E-state index contributed by atoms with van der Waals surface area (Å²) in [6.07, 6.45) is 1.62. The second kappa shape index (κ2) is 8.84. The average molecular weight is 390 g/mol. The fourth-order valence-corrected chi connectivity index (χ4v) is 3.47. The molecule has 0 spiro atoms. The molecule has 1 N–H and O–H groups in total. The van der Waals surface area contributed by atoms with Gasteiger partial charge in [0.25, 0.3) is 5.91 Å². The van der Waals surface area contributed by atoms with Gasteiger partial charge in [-0.15, -0.1) is 0 Å². The third-order valence-electron chi connectivity index (χ3n) is 5.07. The van der Waals surface area contributed by atoms with Crippen LogP contribution in [0.4, 0.5) is 15.9 Å². The molecule has 0 saturated carbocycles. The van der Waals surface area contributed by atoms with Crippen molar-refractivity contribution in [1.82, 2.24) is 9.88 Å². The Morgan fingerprint density at radius 3 is 2.34 bits per heavy atom. The van der Waals surface area contributed by atoms with Gasteiger partial charge in [-0.2, -0.15) is 0 Å². The van der Waals surface area contributed by atoms with E-state index in [2.05, 4.69) is 44.4 Å². The fourth-order valence-electron chi connectivity index (χ4n) is 3.47. The van der Waals surface area contributed by atoms with Gasteiger partial charge in [0.2, 0.25) is 0 Å². The summed E-state index contributed by atoms with van der Waals surface area (Å²) < 4.78 is 13.7. The van der Waals surface area contributed by atoms with Crippen LogP contribution in [0.3, 0.4) is 0 Å². The maximum absolute atomic E-state index is 13.7. The SMILES string of the molecule is O=C(Nc1ccc(N2CCN(Cc3ccccc3)CC2)nc1)c1ccccc1F. The van der Waals surface area contributed by atoms with Gasteiger partial charge in [0.15, 0.2) is 0 Å². The summed E-state index contributed by atoms with van der Waals surface area (Å²) in [7, 11) is 0. The highest BCUT2D eigenvalue weighted by Gasteiger charge is 2.18. The minimum atomic E-state index is -0.539. The number of pyridine rings is 1. The smallest absolute Gasteiger partial charge is 0.258 e. The third-order valence-corrected chi connectivity index (χ3v) is 5.07. The molecule has 148 valence electrons. The Kier molecular flexibility index (Phi) is 5.81. The zero-order valence-corrected chi connectivity index (χ0v) is 16.1. The van der Waals surface area contributed by atoms with Gasteiger partial charge in [-0.05, 0) is 29.8 Å². The highest BCUT2D eigenvalue weighted by atomic mass is 19.1. The first-order valence-electron chi connectivity index (χ1n) is 9.72. The Balaban J connectivity index is 1.32. The maximum Gasteiger partial charge on any atom is 0.258 e. The molecule has 0 unspecified atom stereocenters. The lowest BCUT2D eigenvalue weighted by atomic mass is 10.2. The summed E-state index contributed by atoms with van der Waals surface area (Å²) in [5.41, 5.74) is 1.89. The number of hydrogen-bond acceptors (Lipinski definition) is 4. The molecule has 3 aromatic rings. The molecule has 0 aliphatic carbocycles. The van der Waals surface area contributed by atoms with Crippen LogP contribution in [-0.4, -0.2) is 42.0 Å². The number of hydrogen-bond donors (Lipinski definition) is 1. The number of benzene rings is 2. The van der Waals surface area contributed by atoms with Crippen LogP contribution in [0, 0.1) is 5.82 Å². The fraction of sp³-hybridized carbons (Fsp3) is 0.217. The summed E-state index contributed by atoms with van der Waals surface area (Å²) >= 11 is 0. The molecule has 1 saturated heterocycles. The van der Waals surface area contributed by atoms with Crippen LogP contribution >= 0.6 is 0 Å². The number of anilines is 2. The van der Waals surface area contributed by atoms with Crippen molar-refractivity contribution in [2.24, 2.45) is 0 Å². The molecule has 1 fully saturated rings. The highest BCUT2D eigenvalue weighted by Crippen LogP contribution is 2.18. The molecule has 1 aromatic heterocycles. The number of amides is 1. The lowest BCUT2D eigenvalue weighted by molar-refractivity contribution is 0.102. The van der Waals surface area contributed by atoms with Gasteiger partial charge in [-0.3, -0.25) is 9.69 Å². The summed E-state index contributed by atoms with van der Waals surface area (Å²) in [6, 6.07) is 20.1. The van der Waals surface area contributed by atoms with Crippen molar-refractivity contribution >= 4 is 17.4 Å². The normalized spacial score (nSPS) is 14.6. The zero-order chi connectivity index (χ0) is 20.1. The monoisotopic (exact) mass is 390 g/mol. The summed E-state index contributed by atoms with van der Waals surface area (Å²) in [5, 5.41) is 2.70. The molecule has 29 heavy (non-hydrogen) atoms. The minimum absolute atomic E-state index is 0.0196. The largest absolute Gasteiger partial charge is 0.354 e. The number of carbonyl (C=O) groups is 1. The van der Waals surface area contributed by atoms with E-state index in [-0.39, 0.29) is 5.56 Å². The summed E-state index contributed by atoms with van der Waals surface area (Å²) in [6.45, 7) is 4.72. The van der Waals surface area contributed by atoms with Crippen LogP contribution in [0.25, 0.3) is 0 Å². The first-order chi connectivity index (χ1) is 14.2. The number of carbonyl (C=O) groups excluding carboxylic acids is 1. The van der Waals surface area contributed by atoms with Crippen LogP contribution in [0.5, 0.6) is 0 Å². The predicted molar refractivity (Wildman–Crippen MR) is 113 cm³/mol. The molecular formula is C23H23FN4O. The van der Waals surface area contributed by atoms with E-state index in [0.717, 1.165) is 38.5 Å². The van der Waals surface area contributed by atoms with E-state index in [1.54, 1.807) is 24.4 Å². The molecule has 2 aromatic carbocycles. The topological polar surface area (TPSA) is 48.5 Å². The first-order valence-corrected chi connectivity index (χ1v) is 9.72. The van der Waals surface area contributed by atoms with Crippen molar-refractivity contribution in [1.29, 1.82) is 0 Å². The standard InChI is InChI=1S/C23H23FN4O/c24-21-9-5-4-8-20(21)23(29)26-19-10-11-22(25-16-19)28-14-12-27(13-15-28)17-18-6-2-1-3-7-18/h1-11,16H,12-15,17H2,(H,26,29). The van der Waals surface area contributed by atoms with Crippen molar-refractivity contribution in [2.45, 2.75) is 6.54 Å². The van der Waals surface area contributed by atoms with Crippen molar-refractivity contribution < 1.29 is 9.18 Å². The molecule has 1 aliphatic heterocycles. The van der Waals surface area contributed by atoms with Gasteiger partial charge < -0.3 is 10.2 Å². The average Bonchev–Trinajstić information content (AvgIpc) is 2.76. The number of nitrogens with one attached hydrogen (secondary N) is 1. The second-order valence-corrected chi connectivity index (χ2v) is 7.09. The molecule has 1 amide bonds. The van der Waals surface area contributed by atoms with Crippen LogP contribution in [0.2, 0.25) is 0 Å². The van der Waals surface area contributed by atoms with Crippen molar-refractivity contribution in [3.05, 3.63) is 89.9 Å². The van der Waals surface area contributed by atoms with Crippen molar-refractivity contribution in [3.8, 4) is 0 Å². The quantitative estimate of drug-likeness (QED) is 0.720. The first kappa shape index (κ1) is 19.1. The van der Waals surface area contributed by atoms with E-state index in [1.807, 2.05) is 12.1 Å². The molecule has 4 rings (SSSR count). The summed E-state index contributed by atoms with van der Waals surface area (Å²) in [5.74, 6) is -0.136. The van der Waals surface area contributed by atoms with Crippen molar-refractivity contribution in [3.63, 3.8) is 0 Å². The lowest BCUT2D eigenvalue weighted by Gasteiger charge is -2.35. The number of rotatable bonds is 5. The van der Waals surface area contributed by atoms with E-state index >= 15 is 0 Å². The van der Waals surface area contributed by atoms with Gasteiger partial charge in [0, 0.05) is 32.7 Å². The lowest BCUT2D eigenvalue weighted by Crippen LogP contribution is -2.46. The van der Waals surface area contributed by atoms with E-state index in [1.165, 1.54) is 17.7 Å². The number of aromatic nitrogens is 1. The Morgan fingerprint density at radius 2 is 1.66 bits per heavy atom. The second-order valence-electron chi connectivity index (χ2n) is 7.09. The Labute approximate surface area is 169 Å². The van der Waals surface area contributed by atoms with Gasteiger partial charge >= 0.3 is 0 Å². The van der Waals surface area contributed by atoms with Crippen LogP contribution in [0.1, 0.15) is 15.9 Å². The molecule has 6 heteroatoms. The summed E-state index contributed by atoms with van der Waals surface area (Å²) in [4.78, 5) is 21.4.